The molecule has 0 fully saturated rings. The van der Waals surface area contributed by atoms with Crippen LogP contribution in [0.3, 0.4) is 0 Å². The number of rotatable bonds is 9. The molecule has 19 heavy (non-hydrogen) atoms. The topological polar surface area (TPSA) is 34.1 Å². The fourth-order valence-electron chi connectivity index (χ4n) is 2.12. The number of nitrogens with one attached hydrogen (secondary N) is 1. The Labute approximate surface area is 117 Å². The van der Waals surface area contributed by atoms with Gasteiger partial charge in [-0.05, 0) is 17.4 Å². The van der Waals surface area contributed by atoms with Crippen LogP contribution in [0.4, 0.5) is 0 Å². The van der Waals surface area contributed by atoms with Crippen molar-refractivity contribution < 1.29 is 4.74 Å². The van der Waals surface area contributed by atoms with E-state index in [1.165, 1.54) is 31.2 Å². The molecule has 0 aliphatic heterocycles. The fraction of sp³-hybridized carbons (Fsp3) is 0.688. The summed E-state index contributed by atoms with van der Waals surface area (Å²) < 4.78 is 5.05. The van der Waals surface area contributed by atoms with Crippen LogP contribution in [0.25, 0.3) is 0 Å². The van der Waals surface area contributed by atoms with Gasteiger partial charge in [0.05, 0.1) is 7.11 Å². The smallest absolute Gasteiger partial charge is 0.212 e. The van der Waals surface area contributed by atoms with Gasteiger partial charge in [-0.2, -0.15) is 0 Å². The van der Waals surface area contributed by atoms with Gasteiger partial charge in [0.15, 0.2) is 0 Å². The lowest BCUT2D eigenvalue weighted by molar-refractivity contribution is 0.302. The first-order chi connectivity index (χ1) is 9.07. The Morgan fingerprint density at radius 2 is 2.05 bits per heavy atom. The largest absolute Gasteiger partial charge is 0.481 e. The molecule has 3 heteroatoms. The molecule has 1 heterocycles. The molecule has 0 saturated carbocycles. The van der Waals surface area contributed by atoms with Crippen molar-refractivity contribution in [2.24, 2.45) is 5.41 Å². The Balaban J connectivity index is 2.27. The number of pyridine rings is 1. The molecule has 3 nitrogen and oxygen atoms in total. The number of hydrogen-bond acceptors (Lipinski definition) is 3. The molecule has 0 bridgehead atoms. The molecule has 1 N–H and O–H groups in total. The number of aromatic nitrogens is 1. The molecule has 0 aliphatic carbocycles. The van der Waals surface area contributed by atoms with E-state index in [-0.39, 0.29) is 0 Å². The molecule has 0 radical (unpaired) electrons. The van der Waals surface area contributed by atoms with Crippen molar-refractivity contribution in [1.29, 1.82) is 0 Å². The van der Waals surface area contributed by atoms with E-state index in [0.29, 0.717) is 11.3 Å². The van der Waals surface area contributed by atoms with Gasteiger partial charge in [0, 0.05) is 25.4 Å². The van der Waals surface area contributed by atoms with Gasteiger partial charge >= 0.3 is 0 Å². The van der Waals surface area contributed by atoms with Crippen molar-refractivity contribution in [3.05, 3.63) is 23.9 Å². The molecule has 0 aliphatic rings. The molecule has 0 amide bonds. The Morgan fingerprint density at radius 1 is 1.26 bits per heavy atom. The molecule has 1 rings (SSSR count). The Hall–Kier alpha value is -1.09. The first kappa shape index (κ1) is 16.0. The number of ether oxygens (including phenoxy) is 1. The maximum atomic E-state index is 5.05. The lowest BCUT2D eigenvalue weighted by atomic mass is 9.87. The van der Waals surface area contributed by atoms with E-state index >= 15 is 0 Å². The minimum atomic E-state index is 0.370. The molecule has 1 aromatic rings. The predicted octanol–water partition coefficient (Wildman–Crippen LogP) is 3.79. The lowest BCUT2D eigenvalue weighted by Crippen LogP contribution is -2.29. The van der Waals surface area contributed by atoms with Gasteiger partial charge in [-0.15, -0.1) is 0 Å². The van der Waals surface area contributed by atoms with E-state index in [9.17, 15) is 0 Å². The van der Waals surface area contributed by atoms with Gasteiger partial charge in [-0.3, -0.25) is 0 Å². The highest BCUT2D eigenvalue weighted by Gasteiger charge is 2.16. The summed E-state index contributed by atoms with van der Waals surface area (Å²) in [6, 6.07) is 3.96. The van der Waals surface area contributed by atoms with Crippen LogP contribution in [0.1, 0.15) is 52.0 Å². The Morgan fingerprint density at radius 3 is 2.63 bits per heavy atom. The first-order valence-corrected chi connectivity index (χ1v) is 7.27. The maximum Gasteiger partial charge on any atom is 0.212 e. The summed E-state index contributed by atoms with van der Waals surface area (Å²) in [6.45, 7) is 8.84. The Bertz CT molecular complexity index is 346. The van der Waals surface area contributed by atoms with E-state index in [1.807, 2.05) is 12.3 Å². The van der Waals surface area contributed by atoms with E-state index in [4.69, 9.17) is 4.74 Å². The molecule has 0 aromatic carbocycles. The summed E-state index contributed by atoms with van der Waals surface area (Å²) in [6.07, 6.45) is 7.12. The highest BCUT2D eigenvalue weighted by atomic mass is 16.5. The number of unbranched alkanes of at least 4 members (excludes halogenated alkanes) is 2. The van der Waals surface area contributed by atoms with Crippen LogP contribution in [-0.4, -0.2) is 18.6 Å². The fourth-order valence-corrected chi connectivity index (χ4v) is 2.12. The van der Waals surface area contributed by atoms with Crippen molar-refractivity contribution in [2.75, 3.05) is 13.7 Å². The van der Waals surface area contributed by atoms with Crippen LogP contribution in [0.15, 0.2) is 18.3 Å². The molecular formula is C16H28N2O. The molecule has 108 valence electrons. The normalized spacial score (nSPS) is 11.6. The third-order valence-electron chi connectivity index (χ3n) is 3.40. The van der Waals surface area contributed by atoms with E-state index in [0.717, 1.165) is 13.1 Å². The number of hydrogen-bond donors (Lipinski definition) is 1. The molecule has 0 unspecified atom stereocenters. The molecular weight excluding hydrogens is 236 g/mol. The molecule has 0 saturated heterocycles. The summed E-state index contributed by atoms with van der Waals surface area (Å²) in [5, 5.41) is 3.53. The summed E-state index contributed by atoms with van der Waals surface area (Å²) in [7, 11) is 1.64. The van der Waals surface area contributed by atoms with Crippen LogP contribution >= 0.6 is 0 Å². The van der Waals surface area contributed by atoms with Gasteiger partial charge in [0.25, 0.3) is 0 Å². The van der Waals surface area contributed by atoms with Gasteiger partial charge < -0.3 is 10.1 Å². The second kappa shape index (κ2) is 8.16. The highest BCUT2D eigenvalue weighted by Crippen LogP contribution is 2.22. The van der Waals surface area contributed by atoms with Crippen LogP contribution in [-0.2, 0) is 6.54 Å². The second-order valence-electron chi connectivity index (χ2n) is 5.93. The monoisotopic (exact) mass is 264 g/mol. The minimum absolute atomic E-state index is 0.370. The van der Waals surface area contributed by atoms with Gasteiger partial charge in [-0.25, -0.2) is 4.98 Å². The minimum Gasteiger partial charge on any atom is -0.481 e. The van der Waals surface area contributed by atoms with Crippen LogP contribution in [0.5, 0.6) is 5.88 Å². The zero-order valence-corrected chi connectivity index (χ0v) is 12.8. The summed E-state index contributed by atoms with van der Waals surface area (Å²) in [4.78, 5) is 4.21. The lowest BCUT2D eigenvalue weighted by Gasteiger charge is -2.25. The maximum absolute atomic E-state index is 5.05. The van der Waals surface area contributed by atoms with Crippen LogP contribution in [0, 0.1) is 5.41 Å². The Kier molecular flexibility index (Phi) is 6.85. The quantitative estimate of drug-likeness (QED) is 0.689. The average Bonchev–Trinajstić information content (AvgIpc) is 2.39. The van der Waals surface area contributed by atoms with Crippen molar-refractivity contribution in [2.45, 2.75) is 53.0 Å². The van der Waals surface area contributed by atoms with Crippen molar-refractivity contribution >= 4 is 0 Å². The zero-order chi connectivity index (χ0) is 14.1. The third kappa shape index (κ3) is 6.58. The molecule has 1 aromatic heterocycles. The molecule has 0 spiro atoms. The van der Waals surface area contributed by atoms with Crippen LogP contribution < -0.4 is 10.1 Å². The van der Waals surface area contributed by atoms with Crippen molar-refractivity contribution in [3.63, 3.8) is 0 Å². The summed E-state index contributed by atoms with van der Waals surface area (Å²) in [5.74, 6) is 0.670. The van der Waals surface area contributed by atoms with Crippen LogP contribution in [0.2, 0.25) is 0 Å². The third-order valence-corrected chi connectivity index (χ3v) is 3.40. The number of nitrogens with zero attached hydrogens (tertiary/aromatic N) is 1. The molecule has 0 atom stereocenters. The van der Waals surface area contributed by atoms with Gasteiger partial charge in [-0.1, -0.05) is 46.1 Å². The first-order valence-electron chi connectivity index (χ1n) is 7.27. The van der Waals surface area contributed by atoms with E-state index < -0.39 is 0 Å². The highest BCUT2D eigenvalue weighted by molar-refractivity contribution is 5.17. The zero-order valence-electron chi connectivity index (χ0n) is 12.8. The van der Waals surface area contributed by atoms with E-state index in [2.05, 4.69) is 37.1 Å². The summed E-state index contributed by atoms with van der Waals surface area (Å²) >= 11 is 0. The van der Waals surface area contributed by atoms with Crippen molar-refractivity contribution in [1.82, 2.24) is 10.3 Å². The standard InChI is InChI=1S/C16H28N2O/c1-5-6-7-10-16(2,3)13-17-11-14-8-9-15(19-4)18-12-14/h8-9,12,17H,5-7,10-11,13H2,1-4H3. The number of methoxy groups -OCH3 is 1. The van der Waals surface area contributed by atoms with Gasteiger partial charge in [0.1, 0.15) is 0 Å². The van der Waals surface area contributed by atoms with Gasteiger partial charge in [0.2, 0.25) is 5.88 Å². The SMILES string of the molecule is CCCCCC(C)(C)CNCc1ccc(OC)nc1. The van der Waals surface area contributed by atoms with E-state index in [1.54, 1.807) is 7.11 Å². The predicted molar refractivity (Wildman–Crippen MR) is 80.4 cm³/mol. The van der Waals surface area contributed by atoms with Crippen molar-refractivity contribution in [3.8, 4) is 5.88 Å². The second-order valence-corrected chi connectivity index (χ2v) is 5.93. The summed E-state index contributed by atoms with van der Waals surface area (Å²) in [5.41, 5.74) is 1.57. The average molecular weight is 264 g/mol.